The van der Waals surface area contributed by atoms with Crippen LogP contribution in [0.2, 0.25) is 0 Å². The maximum Gasteiger partial charge on any atom is 0.417 e. The van der Waals surface area contributed by atoms with Gasteiger partial charge in [-0.2, -0.15) is 0 Å². The van der Waals surface area contributed by atoms with E-state index in [1.807, 2.05) is 32.0 Å². The van der Waals surface area contributed by atoms with Gasteiger partial charge >= 0.3 is 5.76 Å². The zero-order valence-corrected chi connectivity index (χ0v) is 10.3. The first kappa shape index (κ1) is 12.6. The fraction of sp³-hybridized carbons (Fsp3) is 0.462. The van der Waals surface area contributed by atoms with Crippen molar-refractivity contribution in [2.24, 2.45) is 5.92 Å². The Morgan fingerprint density at radius 2 is 2.00 bits per heavy atom. The Morgan fingerprint density at radius 3 is 2.62 bits per heavy atom. The first-order chi connectivity index (χ1) is 7.65. The van der Waals surface area contributed by atoms with E-state index in [9.17, 15) is 4.79 Å². The quantitative estimate of drug-likeness (QED) is 0.845. The molecule has 0 aliphatic heterocycles. The lowest BCUT2D eigenvalue weighted by molar-refractivity contribution is 0.555. The molecule has 2 rings (SSSR count). The normalized spacial score (nSPS) is 10.3. The summed E-state index contributed by atoms with van der Waals surface area (Å²) in [5.74, 6) is 0.229. The monoisotopic (exact) mass is 221 g/mol. The fourth-order valence-corrected chi connectivity index (χ4v) is 1.60. The summed E-state index contributed by atoms with van der Waals surface area (Å²) >= 11 is 0. The Morgan fingerprint density at radius 1 is 1.31 bits per heavy atom. The maximum atomic E-state index is 10.9. The SMILES string of the molecule is CC.CC(C)Cc1ccc2oc(=O)[nH]c2c1. The van der Waals surface area contributed by atoms with Gasteiger partial charge < -0.3 is 4.42 Å². The number of H-pyrrole nitrogens is 1. The van der Waals surface area contributed by atoms with Gasteiger partial charge in [0.2, 0.25) is 0 Å². The van der Waals surface area contributed by atoms with E-state index >= 15 is 0 Å². The Bertz CT molecular complexity index is 494. The highest BCUT2D eigenvalue weighted by Gasteiger charge is 2.03. The van der Waals surface area contributed by atoms with Gasteiger partial charge in [0, 0.05) is 0 Å². The van der Waals surface area contributed by atoms with Crippen LogP contribution in [0.15, 0.2) is 27.4 Å². The Labute approximate surface area is 95.5 Å². The van der Waals surface area contributed by atoms with Crippen LogP contribution < -0.4 is 5.76 Å². The van der Waals surface area contributed by atoms with Crippen molar-refractivity contribution >= 4 is 11.1 Å². The van der Waals surface area contributed by atoms with E-state index in [0.717, 1.165) is 11.9 Å². The number of aromatic nitrogens is 1. The number of aromatic amines is 1. The van der Waals surface area contributed by atoms with Crippen molar-refractivity contribution in [3.05, 3.63) is 34.3 Å². The Hall–Kier alpha value is -1.51. The van der Waals surface area contributed by atoms with E-state index in [1.165, 1.54) is 5.56 Å². The first-order valence-electron chi connectivity index (χ1n) is 5.77. The lowest BCUT2D eigenvalue weighted by Crippen LogP contribution is -1.94. The average Bonchev–Trinajstić information content (AvgIpc) is 2.59. The summed E-state index contributed by atoms with van der Waals surface area (Å²) in [5, 5.41) is 0. The van der Waals surface area contributed by atoms with Crippen LogP contribution in [0.3, 0.4) is 0 Å². The number of nitrogens with one attached hydrogen (secondary N) is 1. The molecule has 0 atom stereocenters. The zero-order chi connectivity index (χ0) is 12.1. The zero-order valence-electron chi connectivity index (χ0n) is 10.3. The van der Waals surface area contributed by atoms with Gasteiger partial charge in [0.15, 0.2) is 5.58 Å². The molecule has 1 aromatic heterocycles. The largest absolute Gasteiger partial charge is 0.417 e. The third kappa shape index (κ3) is 2.99. The molecule has 0 fully saturated rings. The Kier molecular flexibility index (Phi) is 4.35. The van der Waals surface area contributed by atoms with E-state index in [2.05, 4.69) is 18.8 Å². The van der Waals surface area contributed by atoms with E-state index in [4.69, 9.17) is 4.42 Å². The second-order valence-corrected chi connectivity index (χ2v) is 3.94. The summed E-state index contributed by atoms with van der Waals surface area (Å²) < 4.78 is 4.92. The molecule has 1 heterocycles. The first-order valence-corrected chi connectivity index (χ1v) is 5.77. The molecule has 0 aliphatic carbocycles. The van der Waals surface area contributed by atoms with Gasteiger partial charge in [0.25, 0.3) is 0 Å². The van der Waals surface area contributed by atoms with Crippen molar-refractivity contribution in [3.63, 3.8) is 0 Å². The third-order valence-corrected chi connectivity index (χ3v) is 2.13. The van der Waals surface area contributed by atoms with Crippen LogP contribution in [0.4, 0.5) is 0 Å². The average molecular weight is 221 g/mol. The minimum absolute atomic E-state index is 0.387. The topological polar surface area (TPSA) is 46.0 Å². The molecule has 1 aromatic carbocycles. The number of hydrogen-bond acceptors (Lipinski definition) is 2. The lowest BCUT2D eigenvalue weighted by Gasteiger charge is -2.03. The lowest BCUT2D eigenvalue weighted by atomic mass is 10.0. The third-order valence-electron chi connectivity index (χ3n) is 2.13. The molecule has 0 bridgehead atoms. The van der Waals surface area contributed by atoms with Crippen LogP contribution in [0.1, 0.15) is 33.3 Å². The van der Waals surface area contributed by atoms with Crippen molar-refractivity contribution in [2.45, 2.75) is 34.1 Å². The highest BCUT2D eigenvalue weighted by Crippen LogP contribution is 2.14. The van der Waals surface area contributed by atoms with Gasteiger partial charge in [-0.15, -0.1) is 0 Å². The molecule has 88 valence electrons. The second-order valence-electron chi connectivity index (χ2n) is 3.94. The van der Waals surface area contributed by atoms with E-state index in [1.54, 1.807) is 0 Å². The molecule has 16 heavy (non-hydrogen) atoms. The van der Waals surface area contributed by atoms with Crippen LogP contribution in [0.25, 0.3) is 11.1 Å². The van der Waals surface area contributed by atoms with Gasteiger partial charge in [-0.05, 0) is 30.0 Å². The predicted octanol–water partition coefficient (Wildman–Crippen LogP) is 3.35. The van der Waals surface area contributed by atoms with Gasteiger partial charge in [0.1, 0.15) is 0 Å². The molecular formula is C13H19NO2. The number of fused-ring (bicyclic) bond motifs is 1. The minimum atomic E-state index is -0.387. The van der Waals surface area contributed by atoms with Crippen LogP contribution in [0, 0.1) is 5.92 Å². The molecule has 0 amide bonds. The predicted molar refractivity (Wildman–Crippen MR) is 66.7 cm³/mol. The molecule has 0 saturated carbocycles. The van der Waals surface area contributed by atoms with E-state index in [-0.39, 0.29) is 5.76 Å². The van der Waals surface area contributed by atoms with Crippen LogP contribution in [-0.4, -0.2) is 4.98 Å². The van der Waals surface area contributed by atoms with E-state index < -0.39 is 0 Å². The van der Waals surface area contributed by atoms with Crippen LogP contribution in [0.5, 0.6) is 0 Å². The van der Waals surface area contributed by atoms with Crippen LogP contribution >= 0.6 is 0 Å². The van der Waals surface area contributed by atoms with Crippen molar-refractivity contribution < 1.29 is 4.42 Å². The highest BCUT2D eigenvalue weighted by molar-refractivity contribution is 5.72. The summed E-state index contributed by atoms with van der Waals surface area (Å²) in [5.41, 5.74) is 2.64. The van der Waals surface area contributed by atoms with Gasteiger partial charge in [-0.3, -0.25) is 4.98 Å². The van der Waals surface area contributed by atoms with Crippen LogP contribution in [-0.2, 0) is 6.42 Å². The number of oxazole rings is 1. The maximum absolute atomic E-state index is 10.9. The van der Waals surface area contributed by atoms with Crippen molar-refractivity contribution in [1.29, 1.82) is 0 Å². The summed E-state index contributed by atoms with van der Waals surface area (Å²) in [6, 6.07) is 5.81. The van der Waals surface area contributed by atoms with Gasteiger partial charge in [0.05, 0.1) is 5.52 Å². The van der Waals surface area contributed by atoms with Crippen molar-refractivity contribution in [1.82, 2.24) is 4.98 Å². The fourth-order valence-electron chi connectivity index (χ4n) is 1.60. The Balaban J connectivity index is 0.000000606. The minimum Gasteiger partial charge on any atom is -0.408 e. The molecular weight excluding hydrogens is 202 g/mol. The number of rotatable bonds is 2. The van der Waals surface area contributed by atoms with Crippen molar-refractivity contribution in [2.75, 3.05) is 0 Å². The molecule has 0 aliphatic rings. The van der Waals surface area contributed by atoms with Crippen molar-refractivity contribution in [3.8, 4) is 0 Å². The molecule has 2 aromatic rings. The second kappa shape index (κ2) is 5.54. The smallest absolute Gasteiger partial charge is 0.408 e. The molecule has 3 nitrogen and oxygen atoms in total. The standard InChI is InChI=1S/C11H13NO2.C2H6/c1-7(2)5-8-3-4-10-9(6-8)12-11(13)14-10;1-2/h3-4,6-7H,5H2,1-2H3,(H,12,13);1-2H3. The van der Waals surface area contributed by atoms with Gasteiger partial charge in [-0.1, -0.05) is 33.8 Å². The highest BCUT2D eigenvalue weighted by atomic mass is 16.4. The molecule has 3 heteroatoms. The van der Waals surface area contributed by atoms with E-state index in [0.29, 0.717) is 11.5 Å². The molecule has 0 saturated heterocycles. The molecule has 0 spiro atoms. The number of hydrogen-bond donors (Lipinski definition) is 1. The molecule has 0 unspecified atom stereocenters. The summed E-state index contributed by atoms with van der Waals surface area (Å²) in [7, 11) is 0. The number of benzene rings is 1. The molecule has 0 radical (unpaired) electrons. The molecule has 1 N–H and O–H groups in total. The van der Waals surface area contributed by atoms with Gasteiger partial charge in [-0.25, -0.2) is 4.79 Å². The summed E-state index contributed by atoms with van der Waals surface area (Å²) in [6.45, 7) is 8.34. The summed E-state index contributed by atoms with van der Waals surface area (Å²) in [6.07, 6.45) is 1.02. The summed E-state index contributed by atoms with van der Waals surface area (Å²) in [4.78, 5) is 13.6.